The number of nitrogens with zero attached hydrogens (tertiary/aromatic N) is 1. The molecule has 0 aliphatic carbocycles. The maximum Gasteiger partial charge on any atom is 0.224 e. The molecule has 2 rings (SSSR count). The van der Waals surface area contributed by atoms with Crippen LogP contribution in [0, 0.1) is 5.92 Å². The minimum atomic E-state index is -0.0292. The van der Waals surface area contributed by atoms with Crippen molar-refractivity contribution in [2.75, 3.05) is 19.8 Å². The van der Waals surface area contributed by atoms with Crippen LogP contribution >= 0.6 is 0 Å². The van der Waals surface area contributed by atoms with E-state index in [0.29, 0.717) is 18.4 Å². The fourth-order valence-electron chi connectivity index (χ4n) is 3.09. The van der Waals surface area contributed by atoms with Gasteiger partial charge in [-0.1, -0.05) is 0 Å². The molecule has 2 aliphatic heterocycles. The van der Waals surface area contributed by atoms with Crippen molar-refractivity contribution < 1.29 is 9.53 Å². The van der Waals surface area contributed by atoms with Crippen LogP contribution in [0.15, 0.2) is 0 Å². The van der Waals surface area contributed by atoms with E-state index < -0.39 is 0 Å². The van der Waals surface area contributed by atoms with Crippen LogP contribution in [0.2, 0.25) is 0 Å². The molecule has 98 valence electrons. The van der Waals surface area contributed by atoms with Gasteiger partial charge in [-0.15, -0.1) is 0 Å². The first kappa shape index (κ1) is 12.8. The average Bonchev–Trinajstić information content (AvgIpc) is 2.78. The van der Waals surface area contributed by atoms with Crippen LogP contribution in [0.4, 0.5) is 0 Å². The lowest BCUT2D eigenvalue weighted by molar-refractivity contribution is -0.133. The first-order chi connectivity index (χ1) is 8.18. The predicted octanol–water partition coefficient (Wildman–Crippen LogP) is 1.14. The Labute approximate surface area is 103 Å². The van der Waals surface area contributed by atoms with Crippen LogP contribution in [0.1, 0.15) is 39.0 Å². The van der Waals surface area contributed by atoms with Gasteiger partial charge in [0.15, 0.2) is 0 Å². The molecule has 2 fully saturated rings. The molecule has 2 N–H and O–H groups in total. The van der Waals surface area contributed by atoms with Gasteiger partial charge in [0.25, 0.3) is 0 Å². The smallest absolute Gasteiger partial charge is 0.224 e. The fraction of sp³-hybridized carbons (Fsp3) is 0.923. The maximum atomic E-state index is 12.1. The van der Waals surface area contributed by atoms with E-state index in [-0.39, 0.29) is 11.9 Å². The van der Waals surface area contributed by atoms with Gasteiger partial charge < -0.3 is 15.4 Å². The molecule has 4 heteroatoms. The lowest BCUT2D eigenvalue weighted by Crippen LogP contribution is -2.43. The van der Waals surface area contributed by atoms with Crippen molar-refractivity contribution >= 4 is 5.91 Å². The second-order valence-electron chi connectivity index (χ2n) is 5.43. The Morgan fingerprint density at radius 2 is 2.12 bits per heavy atom. The zero-order chi connectivity index (χ0) is 12.3. The van der Waals surface area contributed by atoms with Crippen LogP contribution in [0.5, 0.6) is 0 Å². The molecule has 0 aromatic rings. The zero-order valence-electron chi connectivity index (χ0n) is 10.7. The molecule has 4 nitrogen and oxygen atoms in total. The Balaban J connectivity index is 1.93. The van der Waals surface area contributed by atoms with Gasteiger partial charge in [0.1, 0.15) is 0 Å². The molecule has 2 heterocycles. The second kappa shape index (κ2) is 5.83. The largest absolute Gasteiger partial charge is 0.381 e. The normalized spacial score (nSPS) is 28.4. The molecule has 0 aromatic heterocycles. The minimum absolute atomic E-state index is 0.0292. The number of likely N-dealkylation sites (tertiary alicyclic amines) is 1. The third-order valence-electron chi connectivity index (χ3n) is 3.93. The molecule has 2 atom stereocenters. The Bertz CT molecular complexity index is 262. The average molecular weight is 240 g/mol. The number of hydrogen-bond acceptors (Lipinski definition) is 3. The molecule has 0 radical (unpaired) electrons. The summed E-state index contributed by atoms with van der Waals surface area (Å²) >= 11 is 0. The van der Waals surface area contributed by atoms with Crippen LogP contribution in [0.25, 0.3) is 0 Å². The van der Waals surface area contributed by atoms with Crippen molar-refractivity contribution in [2.45, 2.75) is 51.1 Å². The molecule has 0 saturated carbocycles. The van der Waals surface area contributed by atoms with E-state index in [2.05, 4.69) is 4.90 Å². The van der Waals surface area contributed by atoms with Crippen molar-refractivity contribution in [3.63, 3.8) is 0 Å². The minimum Gasteiger partial charge on any atom is -0.381 e. The first-order valence-electron chi connectivity index (χ1n) is 6.81. The van der Waals surface area contributed by atoms with Crippen LogP contribution in [0.3, 0.4) is 0 Å². The molecule has 2 unspecified atom stereocenters. The molecule has 2 aliphatic rings. The Morgan fingerprint density at radius 3 is 2.76 bits per heavy atom. The highest BCUT2D eigenvalue weighted by molar-refractivity contribution is 5.77. The van der Waals surface area contributed by atoms with Crippen molar-refractivity contribution in [3.8, 4) is 0 Å². The summed E-state index contributed by atoms with van der Waals surface area (Å²) in [6.07, 6.45) is 5.00. The number of carbonyl (C=O) groups is 1. The summed E-state index contributed by atoms with van der Waals surface area (Å²) in [5.41, 5.74) is 5.72. The van der Waals surface area contributed by atoms with E-state index >= 15 is 0 Å². The van der Waals surface area contributed by atoms with E-state index in [9.17, 15) is 4.79 Å². The predicted molar refractivity (Wildman–Crippen MR) is 66.5 cm³/mol. The Morgan fingerprint density at radius 1 is 1.41 bits per heavy atom. The van der Waals surface area contributed by atoms with Crippen molar-refractivity contribution in [1.82, 2.24) is 4.90 Å². The monoisotopic (exact) mass is 240 g/mol. The SMILES string of the molecule is CC(N)CC(=O)N1CCCC1C1CCOCC1. The number of amides is 1. The summed E-state index contributed by atoms with van der Waals surface area (Å²) in [5.74, 6) is 0.886. The van der Waals surface area contributed by atoms with E-state index in [1.54, 1.807) is 0 Å². The van der Waals surface area contributed by atoms with E-state index in [1.807, 2.05) is 6.92 Å². The molecular formula is C13H24N2O2. The Kier molecular flexibility index (Phi) is 4.40. The molecule has 0 bridgehead atoms. The van der Waals surface area contributed by atoms with Crippen LogP contribution in [-0.4, -0.2) is 42.6 Å². The molecule has 0 aromatic carbocycles. The van der Waals surface area contributed by atoms with Crippen LogP contribution < -0.4 is 5.73 Å². The summed E-state index contributed by atoms with van der Waals surface area (Å²) in [5, 5.41) is 0. The van der Waals surface area contributed by atoms with Gasteiger partial charge in [0.2, 0.25) is 5.91 Å². The number of ether oxygens (including phenoxy) is 1. The number of nitrogens with two attached hydrogens (primary N) is 1. The quantitative estimate of drug-likeness (QED) is 0.805. The Hall–Kier alpha value is -0.610. The first-order valence-corrected chi connectivity index (χ1v) is 6.81. The molecule has 1 amide bonds. The van der Waals surface area contributed by atoms with Crippen molar-refractivity contribution in [2.24, 2.45) is 11.7 Å². The fourth-order valence-corrected chi connectivity index (χ4v) is 3.09. The maximum absolute atomic E-state index is 12.1. The highest BCUT2D eigenvalue weighted by Crippen LogP contribution is 2.30. The summed E-state index contributed by atoms with van der Waals surface area (Å²) in [6, 6.07) is 0.420. The lowest BCUT2D eigenvalue weighted by atomic mass is 9.90. The summed E-state index contributed by atoms with van der Waals surface area (Å²) in [7, 11) is 0. The van der Waals surface area contributed by atoms with Gasteiger partial charge in [-0.05, 0) is 38.5 Å². The van der Waals surface area contributed by atoms with Crippen molar-refractivity contribution in [3.05, 3.63) is 0 Å². The zero-order valence-corrected chi connectivity index (χ0v) is 10.7. The highest BCUT2D eigenvalue weighted by Gasteiger charge is 2.35. The molecular weight excluding hydrogens is 216 g/mol. The number of hydrogen-bond donors (Lipinski definition) is 1. The van der Waals surface area contributed by atoms with Gasteiger partial charge >= 0.3 is 0 Å². The van der Waals surface area contributed by atoms with Crippen molar-refractivity contribution in [1.29, 1.82) is 0 Å². The standard InChI is InChI=1S/C13H24N2O2/c1-10(14)9-13(16)15-6-2-3-12(15)11-4-7-17-8-5-11/h10-12H,2-9,14H2,1H3. The van der Waals surface area contributed by atoms with Gasteiger partial charge in [-0.2, -0.15) is 0 Å². The topological polar surface area (TPSA) is 55.6 Å². The highest BCUT2D eigenvalue weighted by atomic mass is 16.5. The number of carbonyl (C=O) groups excluding carboxylic acids is 1. The van der Waals surface area contributed by atoms with Gasteiger partial charge in [0, 0.05) is 38.3 Å². The third kappa shape index (κ3) is 3.19. The summed E-state index contributed by atoms with van der Waals surface area (Å²) < 4.78 is 5.40. The molecule has 2 saturated heterocycles. The number of rotatable bonds is 3. The molecule has 0 spiro atoms. The van der Waals surface area contributed by atoms with E-state index in [4.69, 9.17) is 10.5 Å². The van der Waals surface area contributed by atoms with Gasteiger partial charge in [0.05, 0.1) is 0 Å². The van der Waals surface area contributed by atoms with E-state index in [1.165, 1.54) is 0 Å². The van der Waals surface area contributed by atoms with E-state index in [0.717, 1.165) is 45.4 Å². The van der Waals surface area contributed by atoms with Crippen LogP contribution in [-0.2, 0) is 9.53 Å². The van der Waals surface area contributed by atoms with Gasteiger partial charge in [-0.3, -0.25) is 4.79 Å². The van der Waals surface area contributed by atoms with Gasteiger partial charge in [-0.25, -0.2) is 0 Å². The molecule has 17 heavy (non-hydrogen) atoms. The third-order valence-corrected chi connectivity index (χ3v) is 3.93. The second-order valence-corrected chi connectivity index (χ2v) is 5.43. The summed E-state index contributed by atoms with van der Waals surface area (Å²) in [4.78, 5) is 14.2. The lowest BCUT2D eigenvalue weighted by Gasteiger charge is -2.34. The summed E-state index contributed by atoms with van der Waals surface area (Å²) in [6.45, 7) is 4.54.